The lowest BCUT2D eigenvalue weighted by molar-refractivity contribution is -0.178. The molecule has 6 nitrogen and oxygen atoms in total. The van der Waals surface area contributed by atoms with E-state index >= 15 is 0 Å². The highest BCUT2D eigenvalue weighted by Gasteiger charge is 2.71. The second-order valence-corrected chi connectivity index (χ2v) is 9.63. The Balaban J connectivity index is 1.56. The van der Waals surface area contributed by atoms with Crippen LogP contribution in [-0.4, -0.2) is 32.9 Å². The van der Waals surface area contributed by atoms with Gasteiger partial charge in [-0.1, -0.05) is 18.2 Å². The highest BCUT2D eigenvalue weighted by molar-refractivity contribution is 6.05. The van der Waals surface area contributed by atoms with Crippen LogP contribution in [-0.2, 0) is 4.74 Å². The zero-order chi connectivity index (χ0) is 20.5. The molecule has 0 aliphatic heterocycles. The molecule has 1 amide bonds. The van der Waals surface area contributed by atoms with E-state index in [0.717, 1.165) is 35.9 Å². The van der Waals surface area contributed by atoms with Crippen molar-refractivity contribution in [2.75, 3.05) is 0 Å². The molecule has 3 aliphatic rings. The number of carbonyl (C=O) groups excluding carboxylic acids is 1. The van der Waals surface area contributed by atoms with Crippen LogP contribution in [0, 0.1) is 12.3 Å². The maximum atomic E-state index is 12.1. The van der Waals surface area contributed by atoms with Gasteiger partial charge in [-0.25, -0.2) is 9.59 Å². The van der Waals surface area contributed by atoms with Gasteiger partial charge in [-0.3, -0.25) is 0 Å². The van der Waals surface area contributed by atoms with Crippen molar-refractivity contribution in [2.24, 2.45) is 5.41 Å². The molecule has 5 rings (SSSR count). The normalized spacial score (nSPS) is 26.9. The first kappa shape index (κ1) is 18.8. The van der Waals surface area contributed by atoms with E-state index in [0.29, 0.717) is 5.56 Å². The van der Waals surface area contributed by atoms with Crippen LogP contribution in [0.4, 0.5) is 4.79 Å². The van der Waals surface area contributed by atoms with Crippen molar-refractivity contribution in [3.05, 3.63) is 35.5 Å². The van der Waals surface area contributed by atoms with Crippen molar-refractivity contribution in [3.63, 3.8) is 0 Å². The third-order valence-electron chi connectivity index (χ3n) is 6.48. The number of fused-ring (bicyclic) bond motifs is 1. The molecule has 2 bridgehead atoms. The summed E-state index contributed by atoms with van der Waals surface area (Å²) in [7, 11) is 0. The molecule has 1 atom stereocenters. The lowest BCUT2D eigenvalue weighted by atomic mass is 9.37. The number of amides is 1. The van der Waals surface area contributed by atoms with Crippen molar-refractivity contribution in [2.45, 2.75) is 71.1 Å². The van der Waals surface area contributed by atoms with Crippen LogP contribution in [0.1, 0.15) is 69.1 Å². The van der Waals surface area contributed by atoms with Crippen molar-refractivity contribution < 1.29 is 19.4 Å². The van der Waals surface area contributed by atoms with Gasteiger partial charge in [-0.05, 0) is 65.4 Å². The summed E-state index contributed by atoms with van der Waals surface area (Å²) in [5, 5.41) is 13.5. The average Bonchev–Trinajstić information content (AvgIpc) is 2.79. The molecule has 3 saturated carbocycles. The van der Waals surface area contributed by atoms with E-state index in [4.69, 9.17) is 4.74 Å². The number of carboxylic acid groups (broad SMARTS) is 1. The number of nitrogens with zero attached hydrogens (tertiary/aromatic N) is 1. The topological polar surface area (TPSA) is 80.6 Å². The number of aromatic nitrogens is 1. The molecule has 3 fully saturated rings. The van der Waals surface area contributed by atoms with Gasteiger partial charge < -0.3 is 19.7 Å². The molecular formula is C22H28N2O4. The molecule has 0 radical (unpaired) electrons. The molecular weight excluding hydrogens is 356 g/mol. The summed E-state index contributed by atoms with van der Waals surface area (Å²) in [6.07, 6.45) is 2.34. The molecule has 3 aliphatic carbocycles. The quantitative estimate of drug-likeness (QED) is 0.804. The number of rotatable bonds is 4. The predicted molar refractivity (Wildman–Crippen MR) is 107 cm³/mol. The molecule has 1 heterocycles. The van der Waals surface area contributed by atoms with Crippen LogP contribution in [0.15, 0.2) is 24.3 Å². The van der Waals surface area contributed by atoms with E-state index in [-0.39, 0.29) is 23.1 Å². The number of aromatic carboxylic acids is 1. The molecule has 1 aromatic heterocycles. The zero-order valence-electron chi connectivity index (χ0n) is 17.1. The number of carboxylic acids is 1. The summed E-state index contributed by atoms with van der Waals surface area (Å²) >= 11 is 0. The van der Waals surface area contributed by atoms with Crippen LogP contribution in [0.2, 0.25) is 0 Å². The Kier molecular flexibility index (Phi) is 3.87. The highest BCUT2D eigenvalue weighted by atomic mass is 16.6. The fourth-order valence-electron chi connectivity index (χ4n) is 5.40. The summed E-state index contributed by atoms with van der Waals surface area (Å²) in [4.78, 5) is 24.0. The Morgan fingerprint density at radius 3 is 2.39 bits per heavy atom. The minimum absolute atomic E-state index is 0.0946. The van der Waals surface area contributed by atoms with Crippen LogP contribution in [0.3, 0.4) is 0 Å². The molecule has 6 heteroatoms. The third-order valence-corrected chi connectivity index (χ3v) is 6.48. The summed E-state index contributed by atoms with van der Waals surface area (Å²) in [5.74, 6) is -0.889. The minimum atomic E-state index is -0.889. The number of benzene rings is 1. The van der Waals surface area contributed by atoms with Crippen molar-refractivity contribution >= 4 is 23.0 Å². The van der Waals surface area contributed by atoms with Gasteiger partial charge in [-0.2, -0.15) is 0 Å². The molecule has 2 N–H and O–H groups in total. The van der Waals surface area contributed by atoms with Gasteiger partial charge in [0.15, 0.2) is 0 Å². The van der Waals surface area contributed by atoms with Crippen molar-refractivity contribution in [1.29, 1.82) is 0 Å². The van der Waals surface area contributed by atoms with Crippen LogP contribution < -0.4 is 5.32 Å². The summed E-state index contributed by atoms with van der Waals surface area (Å²) in [6.45, 7) is 9.64. The largest absolute Gasteiger partial charge is 0.478 e. The first-order chi connectivity index (χ1) is 13.0. The fourth-order valence-corrected chi connectivity index (χ4v) is 5.40. The van der Waals surface area contributed by atoms with Crippen molar-refractivity contribution in [1.82, 2.24) is 9.88 Å². The van der Waals surface area contributed by atoms with E-state index in [1.54, 1.807) is 0 Å². The maximum absolute atomic E-state index is 12.1. The Morgan fingerprint density at radius 1 is 1.21 bits per heavy atom. The van der Waals surface area contributed by atoms with Crippen LogP contribution in [0.5, 0.6) is 0 Å². The Morgan fingerprint density at radius 2 is 1.82 bits per heavy atom. The predicted octanol–water partition coefficient (Wildman–Crippen LogP) is 4.66. The van der Waals surface area contributed by atoms with Crippen LogP contribution >= 0.6 is 0 Å². The Bertz CT molecular complexity index is 963. The summed E-state index contributed by atoms with van der Waals surface area (Å²) in [5.41, 5.74) is 1.56. The molecule has 1 aromatic carbocycles. The third kappa shape index (κ3) is 2.69. The number of alkyl carbamates (subject to hydrolysis) is 1. The van der Waals surface area contributed by atoms with Gasteiger partial charge in [0.2, 0.25) is 0 Å². The van der Waals surface area contributed by atoms with Gasteiger partial charge in [0, 0.05) is 28.2 Å². The second-order valence-electron chi connectivity index (χ2n) is 9.63. The Hall–Kier alpha value is -2.50. The van der Waals surface area contributed by atoms with Gasteiger partial charge in [0.25, 0.3) is 0 Å². The van der Waals surface area contributed by atoms with Gasteiger partial charge in [-0.15, -0.1) is 0 Å². The molecule has 28 heavy (non-hydrogen) atoms. The minimum Gasteiger partial charge on any atom is -0.478 e. The molecule has 0 unspecified atom stereocenters. The first-order valence-electron chi connectivity index (χ1n) is 9.81. The average molecular weight is 384 g/mol. The number of hydrogen-bond acceptors (Lipinski definition) is 3. The number of ether oxygens (including phenoxy) is 1. The summed E-state index contributed by atoms with van der Waals surface area (Å²) in [6, 6.07) is 7.86. The molecule has 150 valence electrons. The summed E-state index contributed by atoms with van der Waals surface area (Å²) < 4.78 is 7.57. The smallest absolute Gasteiger partial charge is 0.408 e. The molecule has 0 spiro atoms. The van der Waals surface area contributed by atoms with Gasteiger partial charge >= 0.3 is 12.1 Å². The van der Waals surface area contributed by atoms with E-state index < -0.39 is 11.6 Å². The molecule has 2 aromatic rings. The SMILES string of the molecule is Cc1c(C(=O)O)c2ccccc2n1[C@H](C)C12CC(NC(=O)OC(C)(C)C)(C1)C2. The lowest BCUT2D eigenvalue weighted by Gasteiger charge is -2.72. The highest BCUT2D eigenvalue weighted by Crippen LogP contribution is 2.72. The monoisotopic (exact) mass is 384 g/mol. The van der Waals surface area contributed by atoms with E-state index in [1.165, 1.54) is 0 Å². The Labute approximate surface area is 164 Å². The maximum Gasteiger partial charge on any atom is 0.408 e. The van der Waals surface area contributed by atoms with Gasteiger partial charge in [0.05, 0.1) is 5.56 Å². The van der Waals surface area contributed by atoms with E-state index in [9.17, 15) is 14.7 Å². The second kappa shape index (κ2) is 5.75. The number of hydrogen-bond donors (Lipinski definition) is 2. The van der Waals surface area contributed by atoms with Crippen LogP contribution in [0.25, 0.3) is 10.9 Å². The zero-order valence-corrected chi connectivity index (χ0v) is 17.1. The lowest BCUT2D eigenvalue weighted by Crippen LogP contribution is -2.76. The van der Waals surface area contributed by atoms with E-state index in [2.05, 4.69) is 16.8 Å². The number of nitrogens with one attached hydrogen (secondary N) is 1. The van der Waals surface area contributed by atoms with Gasteiger partial charge in [0.1, 0.15) is 5.60 Å². The first-order valence-corrected chi connectivity index (χ1v) is 9.81. The van der Waals surface area contributed by atoms with Crippen molar-refractivity contribution in [3.8, 4) is 0 Å². The number of carbonyl (C=O) groups is 2. The number of para-hydroxylation sites is 1. The fraction of sp³-hybridized carbons (Fsp3) is 0.545. The van der Waals surface area contributed by atoms with E-state index in [1.807, 2.05) is 52.0 Å². The molecule has 0 saturated heterocycles. The standard InChI is InChI=1S/C22H28N2O4/c1-13-17(18(25)26)15-8-6-7-9-16(15)24(13)14(2)21-10-22(11-21,12-21)23-19(27)28-20(3,4)5/h6-9,14H,10-12H2,1-5H3,(H,23,27)(H,25,26)/t14-,21?,22?/m1/s1.